The fourth-order valence-corrected chi connectivity index (χ4v) is 3.67. The van der Waals surface area contributed by atoms with Crippen molar-refractivity contribution in [3.63, 3.8) is 0 Å². The number of nitro groups is 1. The zero-order chi connectivity index (χ0) is 22.1. The zero-order valence-corrected chi connectivity index (χ0v) is 17.6. The number of benzene rings is 1. The lowest BCUT2D eigenvalue weighted by Gasteiger charge is -2.35. The molecule has 1 aromatic carbocycles. The molecule has 0 unspecified atom stereocenters. The predicted octanol–water partition coefficient (Wildman–Crippen LogP) is 2.46. The molecule has 160 valence electrons. The molecule has 31 heavy (non-hydrogen) atoms. The maximum atomic E-state index is 12.9. The van der Waals surface area contributed by atoms with Crippen LogP contribution in [0.25, 0.3) is 5.82 Å². The lowest BCUT2D eigenvalue weighted by Crippen LogP contribution is -2.49. The Balaban J connectivity index is 1.51. The van der Waals surface area contributed by atoms with Gasteiger partial charge in [-0.25, -0.2) is 15.0 Å². The minimum atomic E-state index is -0.519. The molecule has 10 nitrogen and oxygen atoms in total. The van der Waals surface area contributed by atoms with Gasteiger partial charge in [-0.05, 0) is 26.8 Å². The van der Waals surface area contributed by atoms with Gasteiger partial charge in [-0.15, -0.1) is 0 Å². The van der Waals surface area contributed by atoms with Crippen LogP contribution in [0.15, 0.2) is 36.7 Å². The third kappa shape index (κ3) is 3.96. The number of nitrogens with zero attached hydrogens (tertiary/aromatic N) is 7. The Hall–Kier alpha value is -3.82. The first-order valence-corrected chi connectivity index (χ1v) is 9.99. The third-order valence-corrected chi connectivity index (χ3v) is 5.53. The van der Waals surface area contributed by atoms with E-state index >= 15 is 0 Å². The fraction of sp³-hybridized carbons (Fsp3) is 0.333. The van der Waals surface area contributed by atoms with Crippen LogP contribution in [0.5, 0.6) is 0 Å². The molecule has 10 heteroatoms. The molecular formula is C21H23N7O3. The molecule has 4 rings (SSSR count). The van der Waals surface area contributed by atoms with Gasteiger partial charge in [0.15, 0.2) is 0 Å². The third-order valence-electron chi connectivity index (χ3n) is 5.53. The molecule has 2 aromatic heterocycles. The smallest absolute Gasteiger partial charge is 0.282 e. The number of nitro benzene ring substituents is 1. The van der Waals surface area contributed by atoms with Crippen LogP contribution in [0.4, 0.5) is 11.5 Å². The van der Waals surface area contributed by atoms with E-state index in [9.17, 15) is 14.9 Å². The molecule has 0 N–H and O–H groups in total. The molecule has 1 saturated heterocycles. The Morgan fingerprint density at radius 1 is 1.03 bits per heavy atom. The number of imidazole rings is 1. The first-order chi connectivity index (χ1) is 14.8. The predicted molar refractivity (Wildman–Crippen MR) is 115 cm³/mol. The van der Waals surface area contributed by atoms with Gasteiger partial charge in [0.2, 0.25) is 0 Å². The lowest BCUT2D eigenvalue weighted by molar-refractivity contribution is -0.385. The minimum Gasteiger partial charge on any atom is -0.353 e. The highest BCUT2D eigenvalue weighted by atomic mass is 16.6. The van der Waals surface area contributed by atoms with Crippen molar-refractivity contribution in [3.05, 3.63) is 69.5 Å². The van der Waals surface area contributed by atoms with Crippen LogP contribution in [-0.4, -0.2) is 61.4 Å². The number of aryl methyl sites for hydroxylation is 2. The second kappa shape index (κ2) is 8.13. The summed E-state index contributed by atoms with van der Waals surface area (Å²) < 4.78 is 1.93. The van der Waals surface area contributed by atoms with Crippen LogP contribution in [-0.2, 0) is 0 Å². The van der Waals surface area contributed by atoms with Crippen molar-refractivity contribution < 1.29 is 9.72 Å². The van der Waals surface area contributed by atoms with Crippen molar-refractivity contribution in [3.8, 4) is 5.82 Å². The monoisotopic (exact) mass is 421 g/mol. The maximum Gasteiger partial charge on any atom is 0.282 e. The van der Waals surface area contributed by atoms with Crippen molar-refractivity contribution in [2.24, 2.45) is 0 Å². The molecule has 0 saturated carbocycles. The van der Waals surface area contributed by atoms with Crippen molar-refractivity contribution in [2.75, 3.05) is 31.1 Å². The first-order valence-electron chi connectivity index (χ1n) is 9.99. The van der Waals surface area contributed by atoms with E-state index in [0.717, 1.165) is 23.0 Å². The summed E-state index contributed by atoms with van der Waals surface area (Å²) in [5.41, 5.74) is 1.91. The van der Waals surface area contributed by atoms with Crippen LogP contribution in [0, 0.1) is 30.9 Å². The highest BCUT2D eigenvalue weighted by Gasteiger charge is 2.28. The van der Waals surface area contributed by atoms with E-state index in [0.29, 0.717) is 32.0 Å². The molecular weight excluding hydrogens is 398 g/mol. The molecule has 3 heterocycles. The van der Waals surface area contributed by atoms with E-state index in [4.69, 9.17) is 0 Å². The molecule has 1 fully saturated rings. The second-order valence-corrected chi connectivity index (χ2v) is 7.47. The van der Waals surface area contributed by atoms with Crippen LogP contribution in [0.1, 0.15) is 27.6 Å². The molecule has 0 atom stereocenters. The molecule has 1 amide bonds. The standard InChI is InChI=1S/C21H23N7O3/c1-14-15(2)27(13-22-14)20-12-19(23-16(3)24-20)25-8-10-26(11-9-25)21(29)17-6-4-5-7-18(17)28(30)31/h4-7,12-13H,8-11H2,1-3H3. The van der Waals surface area contributed by atoms with Crippen LogP contribution in [0.3, 0.4) is 0 Å². The normalized spacial score (nSPS) is 14.0. The summed E-state index contributed by atoms with van der Waals surface area (Å²) >= 11 is 0. The SMILES string of the molecule is Cc1nc(N2CCN(C(=O)c3ccccc3[N+](=O)[O-])CC2)cc(-n2cnc(C)c2C)n1. The van der Waals surface area contributed by atoms with Gasteiger partial charge < -0.3 is 9.80 Å². The molecule has 3 aromatic rings. The number of carbonyl (C=O) groups excluding carboxylic acids is 1. The summed E-state index contributed by atoms with van der Waals surface area (Å²) in [4.78, 5) is 40.8. The van der Waals surface area contributed by atoms with Gasteiger partial charge in [0.1, 0.15) is 29.4 Å². The summed E-state index contributed by atoms with van der Waals surface area (Å²) in [6, 6.07) is 7.98. The molecule has 0 bridgehead atoms. The Kier molecular flexibility index (Phi) is 5.37. The average molecular weight is 421 g/mol. The number of hydrogen-bond donors (Lipinski definition) is 0. The molecule has 0 radical (unpaired) electrons. The number of hydrogen-bond acceptors (Lipinski definition) is 7. The van der Waals surface area contributed by atoms with Gasteiger partial charge in [-0.2, -0.15) is 0 Å². The summed E-state index contributed by atoms with van der Waals surface area (Å²) in [6.45, 7) is 7.84. The van der Waals surface area contributed by atoms with E-state index in [2.05, 4.69) is 19.9 Å². The van der Waals surface area contributed by atoms with E-state index in [1.807, 2.05) is 31.4 Å². The summed E-state index contributed by atoms with van der Waals surface area (Å²) in [5.74, 6) is 1.86. The highest BCUT2D eigenvalue weighted by molar-refractivity contribution is 5.98. The molecule has 1 aliphatic rings. The Morgan fingerprint density at radius 2 is 1.71 bits per heavy atom. The van der Waals surface area contributed by atoms with Gasteiger partial charge in [0, 0.05) is 44.0 Å². The average Bonchev–Trinajstić information content (AvgIpc) is 3.11. The number of anilines is 1. The van der Waals surface area contributed by atoms with Gasteiger partial charge in [0.25, 0.3) is 11.6 Å². The van der Waals surface area contributed by atoms with Crippen LogP contribution in [0.2, 0.25) is 0 Å². The van der Waals surface area contributed by atoms with Crippen LogP contribution >= 0.6 is 0 Å². The summed E-state index contributed by atoms with van der Waals surface area (Å²) in [6.07, 6.45) is 1.75. The fourth-order valence-electron chi connectivity index (χ4n) is 3.67. The van der Waals surface area contributed by atoms with Crippen molar-refractivity contribution in [1.29, 1.82) is 0 Å². The van der Waals surface area contributed by atoms with E-state index in [-0.39, 0.29) is 17.2 Å². The van der Waals surface area contributed by atoms with Crippen molar-refractivity contribution in [2.45, 2.75) is 20.8 Å². The Labute approximate surface area is 179 Å². The number of piperazine rings is 1. The number of rotatable bonds is 4. The van der Waals surface area contributed by atoms with E-state index in [1.165, 1.54) is 12.1 Å². The van der Waals surface area contributed by atoms with Crippen molar-refractivity contribution in [1.82, 2.24) is 24.4 Å². The van der Waals surface area contributed by atoms with E-state index < -0.39 is 4.92 Å². The van der Waals surface area contributed by atoms with Gasteiger partial charge in [0.05, 0.1) is 10.6 Å². The lowest BCUT2D eigenvalue weighted by atomic mass is 10.1. The molecule has 0 aliphatic carbocycles. The zero-order valence-electron chi connectivity index (χ0n) is 17.6. The second-order valence-electron chi connectivity index (χ2n) is 7.47. The maximum absolute atomic E-state index is 12.9. The Morgan fingerprint density at radius 3 is 2.35 bits per heavy atom. The topological polar surface area (TPSA) is 110 Å². The molecule has 0 spiro atoms. The summed E-state index contributed by atoms with van der Waals surface area (Å²) in [5, 5.41) is 11.3. The largest absolute Gasteiger partial charge is 0.353 e. The number of amides is 1. The van der Waals surface area contributed by atoms with Gasteiger partial charge in [-0.3, -0.25) is 19.5 Å². The number of carbonyl (C=O) groups is 1. The number of para-hydroxylation sites is 1. The molecule has 1 aliphatic heterocycles. The summed E-state index contributed by atoms with van der Waals surface area (Å²) in [7, 11) is 0. The Bertz CT molecular complexity index is 1150. The van der Waals surface area contributed by atoms with Gasteiger partial charge in [-0.1, -0.05) is 12.1 Å². The van der Waals surface area contributed by atoms with Crippen LogP contribution < -0.4 is 4.90 Å². The number of aromatic nitrogens is 4. The first kappa shape index (κ1) is 20.5. The minimum absolute atomic E-state index is 0.118. The quantitative estimate of drug-likeness (QED) is 0.470. The van der Waals surface area contributed by atoms with Gasteiger partial charge >= 0.3 is 0 Å². The van der Waals surface area contributed by atoms with E-state index in [1.54, 1.807) is 23.4 Å². The highest BCUT2D eigenvalue weighted by Crippen LogP contribution is 2.23. The van der Waals surface area contributed by atoms with Crippen molar-refractivity contribution >= 4 is 17.4 Å².